The molecule has 138 valence electrons. The van der Waals surface area contributed by atoms with Crippen molar-refractivity contribution in [2.24, 2.45) is 0 Å². The Balaban J connectivity index is 2.45. The number of thiophene rings is 1. The third-order valence-electron chi connectivity index (χ3n) is 3.85. The summed E-state index contributed by atoms with van der Waals surface area (Å²) in [7, 11) is 5.33. The highest BCUT2D eigenvalue weighted by molar-refractivity contribution is 7.18. The minimum Gasteiger partial charge on any atom is -0.459 e. The SMILES string of the molecule is COCC(C)OC(=O)Cn1c(CN(C)C)nc2sc(C)c(C)c2c1=O. The molecule has 2 aromatic rings. The summed E-state index contributed by atoms with van der Waals surface area (Å²) in [5, 5.41) is 0.586. The summed E-state index contributed by atoms with van der Waals surface area (Å²) < 4.78 is 11.7. The van der Waals surface area contributed by atoms with Crippen LogP contribution in [0.2, 0.25) is 0 Å². The summed E-state index contributed by atoms with van der Waals surface area (Å²) >= 11 is 1.50. The van der Waals surface area contributed by atoms with Gasteiger partial charge >= 0.3 is 5.97 Å². The second-order valence-corrected chi connectivity index (χ2v) is 7.58. The first-order chi connectivity index (χ1) is 11.7. The normalized spacial score (nSPS) is 12.8. The molecule has 0 N–H and O–H groups in total. The number of fused-ring (bicyclic) bond motifs is 1. The number of aromatic nitrogens is 2. The third-order valence-corrected chi connectivity index (χ3v) is 4.95. The first-order valence-electron chi connectivity index (χ1n) is 8.07. The Kier molecular flexibility index (Phi) is 6.31. The summed E-state index contributed by atoms with van der Waals surface area (Å²) in [6.45, 7) is 6.24. The lowest BCUT2D eigenvalue weighted by Crippen LogP contribution is -2.33. The molecule has 0 amide bonds. The van der Waals surface area contributed by atoms with Crippen molar-refractivity contribution < 1.29 is 14.3 Å². The molecule has 0 radical (unpaired) electrons. The molecule has 1 atom stereocenters. The lowest BCUT2D eigenvalue weighted by molar-refractivity contribution is -0.151. The maximum Gasteiger partial charge on any atom is 0.326 e. The average Bonchev–Trinajstić information content (AvgIpc) is 2.77. The Morgan fingerprint density at radius 3 is 2.64 bits per heavy atom. The average molecular weight is 367 g/mol. The van der Waals surface area contributed by atoms with Crippen molar-refractivity contribution >= 4 is 27.5 Å². The number of hydrogen-bond acceptors (Lipinski definition) is 7. The van der Waals surface area contributed by atoms with Crippen LogP contribution in [0.25, 0.3) is 10.2 Å². The topological polar surface area (TPSA) is 73.7 Å². The maximum absolute atomic E-state index is 13.0. The standard InChI is InChI=1S/C17H25N3O4S/c1-10(9-23-6)24-14(21)8-20-13(7-19(4)5)18-16-15(17(20)22)11(2)12(3)25-16/h10H,7-9H2,1-6H3. The van der Waals surface area contributed by atoms with Gasteiger partial charge in [0.15, 0.2) is 0 Å². The molecule has 2 heterocycles. The van der Waals surface area contributed by atoms with Gasteiger partial charge in [-0.2, -0.15) is 0 Å². The highest BCUT2D eigenvalue weighted by Crippen LogP contribution is 2.26. The lowest BCUT2D eigenvalue weighted by atomic mass is 10.2. The fourth-order valence-electron chi connectivity index (χ4n) is 2.60. The van der Waals surface area contributed by atoms with Gasteiger partial charge in [0.1, 0.15) is 23.3 Å². The number of carbonyl (C=O) groups is 1. The third kappa shape index (κ3) is 4.45. The van der Waals surface area contributed by atoms with Crippen LogP contribution < -0.4 is 5.56 Å². The summed E-state index contributed by atoms with van der Waals surface area (Å²) in [6.07, 6.45) is -0.368. The van der Waals surface area contributed by atoms with E-state index in [-0.39, 0.29) is 18.2 Å². The Hall–Kier alpha value is -1.77. The van der Waals surface area contributed by atoms with Crippen LogP contribution in [-0.2, 0) is 27.4 Å². The zero-order chi connectivity index (χ0) is 18.7. The molecular weight excluding hydrogens is 342 g/mol. The van der Waals surface area contributed by atoms with Crippen LogP contribution in [0, 0.1) is 13.8 Å². The molecule has 8 heteroatoms. The summed E-state index contributed by atoms with van der Waals surface area (Å²) in [5.41, 5.74) is 0.726. The van der Waals surface area contributed by atoms with E-state index in [1.807, 2.05) is 32.8 Å². The zero-order valence-corrected chi connectivity index (χ0v) is 16.4. The minimum atomic E-state index is -0.475. The van der Waals surface area contributed by atoms with Crippen molar-refractivity contribution in [3.8, 4) is 0 Å². The van der Waals surface area contributed by atoms with E-state index in [1.165, 1.54) is 15.9 Å². The Bertz CT molecular complexity index is 825. The number of esters is 1. The quantitative estimate of drug-likeness (QED) is 0.694. The molecule has 0 bridgehead atoms. The minimum absolute atomic E-state index is 0.159. The number of aryl methyl sites for hydroxylation is 2. The molecule has 25 heavy (non-hydrogen) atoms. The van der Waals surface area contributed by atoms with Gasteiger partial charge in [0, 0.05) is 12.0 Å². The van der Waals surface area contributed by atoms with E-state index in [0.29, 0.717) is 29.2 Å². The molecule has 0 spiro atoms. The van der Waals surface area contributed by atoms with Crippen molar-refractivity contribution in [3.63, 3.8) is 0 Å². The molecule has 2 aromatic heterocycles. The second-order valence-electron chi connectivity index (χ2n) is 6.38. The van der Waals surface area contributed by atoms with Crippen LogP contribution >= 0.6 is 11.3 Å². The molecule has 0 aliphatic heterocycles. The predicted octanol–water partition coefficient (Wildman–Crippen LogP) is 1.71. The molecule has 2 rings (SSSR count). The van der Waals surface area contributed by atoms with Gasteiger partial charge in [0.25, 0.3) is 5.56 Å². The van der Waals surface area contributed by atoms with E-state index in [4.69, 9.17) is 9.47 Å². The first kappa shape index (κ1) is 19.6. The van der Waals surface area contributed by atoms with Crippen LogP contribution in [-0.4, -0.2) is 54.3 Å². The van der Waals surface area contributed by atoms with Crippen LogP contribution in [0.4, 0.5) is 0 Å². The van der Waals surface area contributed by atoms with E-state index in [2.05, 4.69) is 4.98 Å². The van der Waals surface area contributed by atoms with Gasteiger partial charge in [-0.1, -0.05) is 0 Å². The highest BCUT2D eigenvalue weighted by atomic mass is 32.1. The number of rotatable bonds is 7. The molecule has 7 nitrogen and oxygen atoms in total. The van der Waals surface area contributed by atoms with Crippen molar-refractivity contribution in [1.29, 1.82) is 0 Å². The molecule has 1 unspecified atom stereocenters. The molecule has 0 aliphatic rings. The lowest BCUT2D eigenvalue weighted by Gasteiger charge is -2.17. The van der Waals surface area contributed by atoms with Crippen LogP contribution in [0.15, 0.2) is 4.79 Å². The molecule has 0 fully saturated rings. The van der Waals surface area contributed by atoms with E-state index in [9.17, 15) is 9.59 Å². The number of carbonyl (C=O) groups excluding carboxylic acids is 1. The van der Waals surface area contributed by atoms with Gasteiger partial charge in [-0.3, -0.25) is 14.2 Å². The summed E-state index contributed by atoms with van der Waals surface area (Å²) in [6, 6.07) is 0. The van der Waals surface area contributed by atoms with E-state index in [1.54, 1.807) is 14.0 Å². The maximum atomic E-state index is 13.0. The molecule has 0 saturated carbocycles. The zero-order valence-electron chi connectivity index (χ0n) is 15.6. The molecule has 0 saturated heterocycles. The smallest absolute Gasteiger partial charge is 0.326 e. The highest BCUT2D eigenvalue weighted by Gasteiger charge is 2.20. The molecule has 0 aromatic carbocycles. The van der Waals surface area contributed by atoms with Gasteiger partial charge in [-0.05, 0) is 40.4 Å². The number of hydrogen-bond donors (Lipinski definition) is 0. The van der Waals surface area contributed by atoms with Crippen LogP contribution in [0.3, 0.4) is 0 Å². The molecule has 0 aliphatic carbocycles. The van der Waals surface area contributed by atoms with Crippen molar-refractivity contribution in [3.05, 3.63) is 26.6 Å². The fraction of sp³-hybridized carbons (Fsp3) is 0.588. The Morgan fingerprint density at radius 1 is 1.36 bits per heavy atom. The fourth-order valence-corrected chi connectivity index (χ4v) is 3.63. The largest absolute Gasteiger partial charge is 0.459 e. The summed E-state index contributed by atoms with van der Waals surface area (Å²) in [4.78, 5) is 33.6. The second kappa shape index (κ2) is 8.07. The van der Waals surface area contributed by atoms with Crippen molar-refractivity contribution in [2.75, 3.05) is 27.8 Å². The van der Waals surface area contributed by atoms with Gasteiger partial charge in [0.05, 0.1) is 18.5 Å². The predicted molar refractivity (Wildman–Crippen MR) is 98.2 cm³/mol. The monoisotopic (exact) mass is 367 g/mol. The molecular formula is C17H25N3O4S. The van der Waals surface area contributed by atoms with Gasteiger partial charge in [0.2, 0.25) is 0 Å². The van der Waals surface area contributed by atoms with E-state index < -0.39 is 5.97 Å². The number of ether oxygens (including phenoxy) is 2. The van der Waals surface area contributed by atoms with Crippen LogP contribution in [0.5, 0.6) is 0 Å². The summed E-state index contributed by atoms with van der Waals surface area (Å²) in [5.74, 6) is 0.0810. The van der Waals surface area contributed by atoms with E-state index >= 15 is 0 Å². The number of nitrogens with zero attached hydrogens (tertiary/aromatic N) is 3. The Morgan fingerprint density at radius 2 is 2.04 bits per heavy atom. The van der Waals surface area contributed by atoms with E-state index in [0.717, 1.165) is 10.4 Å². The van der Waals surface area contributed by atoms with Gasteiger partial charge in [-0.15, -0.1) is 11.3 Å². The van der Waals surface area contributed by atoms with Crippen molar-refractivity contribution in [2.45, 2.75) is 40.0 Å². The first-order valence-corrected chi connectivity index (χ1v) is 8.88. The van der Waals surface area contributed by atoms with Crippen LogP contribution in [0.1, 0.15) is 23.2 Å². The Labute approximate surface area is 151 Å². The van der Waals surface area contributed by atoms with Gasteiger partial charge < -0.3 is 14.4 Å². The number of methoxy groups -OCH3 is 1. The van der Waals surface area contributed by atoms with Gasteiger partial charge in [-0.25, -0.2) is 4.98 Å². The van der Waals surface area contributed by atoms with Crippen molar-refractivity contribution in [1.82, 2.24) is 14.5 Å².